The fourth-order valence-corrected chi connectivity index (χ4v) is 5.13. The normalized spacial score (nSPS) is 11.7. The SMILES string of the molecule is Cc1oncc1S(=O)(=O)Nc1cccc(-c2ccnc3c(C(=O)c4cccs4)cnn23)c1. The number of fused-ring (bicyclic) bond motifs is 1. The second kappa shape index (κ2) is 7.70. The molecule has 11 heteroatoms. The molecule has 0 radical (unpaired) electrons. The predicted molar refractivity (Wildman–Crippen MR) is 118 cm³/mol. The van der Waals surface area contributed by atoms with Crippen LogP contribution in [0, 0.1) is 6.92 Å². The van der Waals surface area contributed by atoms with Gasteiger partial charge in [-0.1, -0.05) is 23.4 Å². The minimum atomic E-state index is -3.86. The number of aromatic nitrogens is 4. The van der Waals surface area contributed by atoms with Gasteiger partial charge in [-0.3, -0.25) is 9.52 Å². The maximum atomic E-state index is 12.8. The van der Waals surface area contributed by atoms with Gasteiger partial charge in [0.1, 0.15) is 4.90 Å². The van der Waals surface area contributed by atoms with Crippen molar-refractivity contribution in [3.05, 3.63) is 82.6 Å². The Hall–Kier alpha value is -3.83. The molecule has 5 aromatic rings. The summed E-state index contributed by atoms with van der Waals surface area (Å²) in [6, 6.07) is 12.2. The topological polar surface area (TPSA) is 119 Å². The first kappa shape index (κ1) is 20.1. The molecule has 0 unspecified atom stereocenters. The quantitative estimate of drug-likeness (QED) is 0.379. The number of ketones is 1. The molecule has 0 spiro atoms. The van der Waals surface area contributed by atoms with Gasteiger partial charge in [-0.05, 0) is 36.6 Å². The summed E-state index contributed by atoms with van der Waals surface area (Å²) in [5.74, 6) is 0.0502. The number of nitrogens with zero attached hydrogens (tertiary/aromatic N) is 4. The molecule has 32 heavy (non-hydrogen) atoms. The molecule has 0 atom stereocenters. The third kappa shape index (κ3) is 3.47. The van der Waals surface area contributed by atoms with Crippen molar-refractivity contribution in [2.45, 2.75) is 11.8 Å². The van der Waals surface area contributed by atoms with Crippen LogP contribution >= 0.6 is 11.3 Å². The fraction of sp³-hybridized carbons (Fsp3) is 0.0476. The van der Waals surface area contributed by atoms with E-state index >= 15 is 0 Å². The highest BCUT2D eigenvalue weighted by Gasteiger charge is 2.21. The molecular formula is C21H15N5O4S2. The van der Waals surface area contributed by atoms with E-state index in [1.165, 1.54) is 24.5 Å². The van der Waals surface area contributed by atoms with Crippen LogP contribution in [0.2, 0.25) is 0 Å². The summed E-state index contributed by atoms with van der Waals surface area (Å²) in [7, 11) is -3.86. The molecule has 0 aliphatic rings. The molecule has 0 saturated heterocycles. The highest BCUT2D eigenvalue weighted by Crippen LogP contribution is 2.27. The second-order valence-electron chi connectivity index (χ2n) is 6.86. The number of nitrogens with one attached hydrogen (secondary N) is 1. The number of rotatable bonds is 6. The molecule has 1 N–H and O–H groups in total. The van der Waals surface area contributed by atoms with Crippen LogP contribution in [0.1, 0.15) is 21.0 Å². The number of carbonyl (C=O) groups is 1. The lowest BCUT2D eigenvalue weighted by Gasteiger charge is -2.10. The van der Waals surface area contributed by atoms with E-state index in [1.807, 2.05) is 17.5 Å². The maximum absolute atomic E-state index is 12.8. The van der Waals surface area contributed by atoms with Gasteiger partial charge >= 0.3 is 0 Å². The van der Waals surface area contributed by atoms with Crippen LogP contribution in [0.4, 0.5) is 5.69 Å². The number of aryl methyl sites for hydroxylation is 1. The van der Waals surface area contributed by atoms with Crippen LogP contribution in [0.25, 0.3) is 16.9 Å². The van der Waals surface area contributed by atoms with E-state index in [1.54, 1.807) is 41.0 Å². The Morgan fingerprint density at radius 2 is 2.03 bits per heavy atom. The molecule has 160 valence electrons. The van der Waals surface area contributed by atoms with Crippen molar-refractivity contribution in [2.75, 3.05) is 4.72 Å². The Labute approximate surface area is 186 Å². The summed E-state index contributed by atoms with van der Waals surface area (Å²) < 4.78 is 34.3. The molecule has 0 bridgehead atoms. The molecule has 0 aliphatic carbocycles. The molecule has 1 aromatic carbocycles. The smallest absolute Gasteiger partial charge is 0.267 e. The zero-order chi connectivity index (χ0) is 22.3. The van der Waals surface area contributed by atoms with Gasteiger partial charge in [0.2, 0.25) is 5.78 Å². The van der Waals surface area contributed by atoms with E-state index in [2.05, 4.69) is 20.0 Å². The summed E-state index contributed by atoms with van der Waals surface area (Å²) >= 11 is 1.35. The highest BCUT2D eigenvalue weighted by molar-refractivity contribution is 7.92. The first-order valence-corrected chi connectivity index (χ1v) is 11.8. The number of anilines is 1. The average molecular weight is 466 g/mol. The third-order valence-corrected chi connectivity index (χ3v) is 7.14. The van der Waals surface area contributed by atoms with E-state index in [-0.39, 0.29) is 16.4 Å². The first-order valence-electron chi connectivity index (χ1n) is 9.39. The van der Waals surface area contributed by atoms with Crippen LogP contribution in [-0.4, -0.2) is 34.0 Å². The highest BCUT2D eigenvalue weighted by atomic mass is 32.2. The Bertz CT molecular complexity index is 1550. The average Bonchev–Trinajstić information content (AvgIpc) is 3.53. The summed E-state index contributed by atoms with van der Waals surface area (Å²) in [5, 5.41) is 9.72. The first-order chi connectivity index (χ1) is 15.4. The van der Waals surface area contributed by atoms with Gasteiger partial charge in [-0.25, -0.2) is 17.9 Å². The standard InChI is InChI=1S/C21H15N5O4S2/c1-13-19(12-24-30-13)32(28,29)25-15-5-2-4-14(10-15)17-7-8-22-21-16(11-23-26(17)21)20(27)18-6-3-9-31-18/h2-12,25H,1H3. The number of hydrogen-bond donors (Lipinski definition) is 1. The number of sulfonamides is 1. The Kier molecular flexibility index (Phi) is 4.83. The van der Waals surface area contributed by atoms with Crippen molar-refractivity contribution in [3.63, 3.8) is 0 Å². The van der Waals surface area contributed by atoms with Crippen molar-refractivity contribution < 1.29 is 17.7 Å². The van der Waals surface area contributed by atoms with Crippen LogP contribution in [-0.2, 0) is 10.0 Å². The van der Waals surface area contributed by atoms with Gasteiger partial charge in [-0.15, -0.1) is 11.3 Å². The van der Waals surface area contributed by atoms with Crippen LogP contribution in [0.5, 0.6) is 0 Å². The van der Waals surface area contributed by atoms with Gasteiger partial charge in [0.15, 0.2) is 11.4 Å². The molecule has 0 saturated carbocycles. The Morgan fingerprint density at radius 3 is 2.78 bits per heavy atom. The second-order valence-corrected chi connectivity index (χ2v) is 9.46. The summed E-state index contributed by atoms with van der Waals surface area (Å²) in [6.45, 7) is 1.53. The van der Waals surface area contributed by atoms with E-state index in [0.29, 0.717) is 33.0 Å². The van der Waals surface area contributed by atoms with E-state index < -0.39 is 10.0 Å². The van der Waals surface area contributed by atoms with Gasteiger partial charge in [-0.2, -0.15) is 5.10 Å². The zero-order valence-corrected chi connectivity index (χ0v) is 18.2. The van der Waals surface area contributed by atoms with E-state index in [4.69, 9.17) is 4.52 Å². The molecule has 4 aromatic heterocycles. The van der Waals surface area contributed by atoms with E-state index in [9.17, 15) is 13.2 Å². The maximum Gasteiger partial charge on any atom is 0.267 e. The Morgan fingerprint density at radius 1 is 1.16 bits per heavy atom. The molecule has 4 heterocycles. The summed E-state index contributed by atoms with van der Waals surface area (Å²) in [5.41, 5.74) is 2.52. The number of hydrogen-bond acceptors (Lipinski definition) is 8. The molecular weight excluding hydrogens is 450 g/mol. The third-order valence-electron chi connectivity index (χ3n) is 4.80. The lowest BCUT2D eigenvalue weighted by atomic mass is 10.1. The van der Waals surface area contributed by atoms with Crippen molar-refractivity contribution in [2.24, 2.45) is 0 Å². The number of carbonyl (C=O) groups excluding carboxylic acids is 1. The van der Waals surface area contributed by atoms with Crippen LogP contribution in [0.3, 0.4) is 0 Å². The van der Waals surface area contributed by atoms with Crippen LogP contribution < -0.4 is 4.72 Å². The van der Waals surface area contributed by atoms with Crippen LogP contribution in [0.15, 0.2) is 75.9 Å². The largest absolute Gasteiger partial charge is 0.360 e. The molecule has 0 fully saturated rings. The molecule has 5 rings (SSSR count). The van der Waals surface area contributed by atoms with Gasteiger partial charge in [0.05, 0.1) is 28.5 Å². The fourth-order valence-electron chi connectivity index (χ4n) is 3.31. The summed E-state index contributed by atoms with van der Waals surface area (Å²) in [6.07, 6.45) is 4.24. The summed E-state index contributed by atoms with van der Waals surface area (Å²) in [4.78, 5) is 17.7. The molecule has 0 amide bonds. The van der Waals surface area contributed by atoms with Crippen molar-refractivity contribution in [1.82, 2.24) is 19.8 Å². The predicted octanol–water partition coefficient (Wildman–Crippen LogP) is 3.79. The van der Waals surface area contributed by atoms with Crippen molar-refractivity contribution in [1.29, 1.82) is 0 Å². The molecule has 0 aliphatic heterocycles. The number of thiophene rings is 1. The monoisotopic (exact) mass is 465 g/mol. The lowest BCUT2D eigenvalue weighted by molar-refractivity contribution is 0.104. The zero-order valence-electron chi connectivity index (χ0n) is 16.6. The lowest BCUT2D eigenvalue weighted by Crippen LogP contribution is -2.13. The minimum absolute atomic E-state index is 0.0296. The minimum Gasteiger partial charge on any atom is -0.360 e. The van der Waals surface area contributed by atoms with Gasteiger partial charge in [0, 0.05) is 17.4 Å². The Balaban J connectivity index is 1.53. The van der Waals surface area contributed by atoms with Crippen molar-refractivity contribution >= 4 is 38.5 Å². The van der Waals surface area contributed by atoms with E-state index in [0.717, 1.165) is 6.20 Å². The molecule has 9 nitrogen and oxygen atoms in total. The van der Waals surface area contributed by atoms with Crippen molar-refractivity contribution in [3.8, 4) is 11.3 Å². The van der Waals surface area contributed by atoms with Gasteiger partial charge < -0.3 is 4.52 Å². The number of benzene rings is 1. The van der Waals surface area contributed by atoms with Gasteiger partial charge in [0.25, 0.3) is 10.0 Å².